The van der Waals surface area contributed by atoms with Gasteiger partial charge in [-0.25, -0.2) is 4.79 Å². The molecule has 0 N–H and O–H groups in total. The summed E-state index contributed by atoms with van der Waals surface area (Å²) in [6, 6.07) is 13.3. The summed E-state index contributed by atoms with van der Waals surface area (Å²) in [6.45, 7) is 15.5. The van der Waals surface area contributed by atoms with Crippen molar-refractivity contribution < 1.29 is 45.6 Å². The summed E-state index contributed by atoms with van der Waals surface area (Å²) in [5.74, 6) is 0.300. The Morgan fingerprint density at radius 2 is 1.42 bits per heavy atom. The number of benzene rings is 2. The van der Waals surface area contributed by atoms with E-state index in [2.05, 4.69) is 20.0 Å². The van der Waals surface area contributed by atoms with Gasteiger partial charge < -0.3 is 9.47 Å². The molecule has 0 aliphatic rings. The first-order valence-corrected chi connectivity index (χ1v) is 6.61. The molecule has 0 aliphatic heterocycles. The normalized spacial score (nSPS) is 7.58. The van der Waals surface area contributed by atoms with Gasteiger partial charge in [0.1, 0.15) is 5.75 Å². The molecule has 0 radical (unpaired) electrons. The molecule has 7 heteroatoms. The first-order valence-electron chi connectivity index (χ1n) is 6.61. The molecule has 0 aromatic heterocycles. The smallest absolute Gasteiger partial charge is 0 e. The third-order valence-electron chi connectivity index (χ3n) is 3.07. The standard InChI is InChI=1S/C16H16O3.3CO.Cr/c1-11-7-4-5-8-12(11)15-13(16(17)19-3)9-6-10-14(15)18-2;3*1-2;/h4-10H,1-3H3;;;;. The van der Waals surface area contributed by atoms with E-state index in [1.54, 1.807) is 19.2 Å². The molecule has 2 aromatic carbocycles. The van der Waals surface area contributed by atoms with Gasteiger partial charge in [-0.2, -0.15) is 0 Å². The molecule has 6 nitrogen and oxygen atoms in total. The van der Waals surface area contributed by atoms with Crippen LogP contribution in [0.4, 0.5) is 0 Å². The molecule has 2 rings (SSSR count). The first kappa shape index (κ1) is 28.3. The van der Waals surface area contributed by atoms with E-state index in [4.69, 9.17) is 23.4 Å². The predicted octanol–water partition coefficient (Wildman–Crippen LogP) is 3.34. The second kappa shape index (κ2) is 17.3. The second-order valence-electron chi connectivity index (χ2n) is 4.19. The number of esters is 1. The van der Waals surface area contributed by atoms with Gasteiger partial charge in [-0.15, -0.1) is 0 Å². The molecule has 0 bridgehead atoms. The molecule has 0 amide bonds. The summed E-state index contributed by atoms with van der Waals surface area (Å²) >= 11 is 0. The van der Waals surface area contributed by atoms with Crippen molar-refractivity contribution in [2.45, 2.75) is 6.92 Å². The molecule has 26 heavy (non-hydrogen) atoms. The van der Waals surface area contributed by atoms with Crippen molar-refractivity contribution >= 4 is 5.97 Å². The van der Waals surface area contributed by atoms with E-state index < -0.39 is 0 Å². The van der Waals surface area contributed by atoms with E-state index in [9.17, 15) is 4.79 Å². The third-order valence-corrected chi connectivity index (χ3v) is 3.07. The first-order chi connectivity index (χ1) is 12.2. The van der Waals surface area contributed by atoms with Gasteiger partial charge in [0.05, 0.1) is 19.8 Å². The number of hydrogen-bond acceptors (Lipinski definition) is 3. The van der Waals surface area contributed by atoms with Gasteiger partial charge in [0.25, 0.3) is 0 Å². The van der Waals surface area contributed by atoms with Gasteiger partial charge >= 0.3 is 39.9 Å². The maximum Gasteiger partial charge on any atom is 0 e. The van der Waals surface area contributed by atoms with Crippen molar-refractivity contribution in [1.29, 1.82) is 0 Å². The Balaban J connectivity index is -0.000000686. The minimum absolute atomic E-state index is 0. The molecular weight excluding hydrogens is 376 g/mol. The fourth-order valence-electron chi connectivity index (χ4n) is 2.11. The van der Waals surface area contributed by atoms with Crippen molar-refractivity contribution in [1.82, 2.24) is 0 Å². The maximum absolute atomic E-state index is 11.9. The van der Waals surface area contributed by atoms with Crippen LogP contribution in [-0.4, -0.2) is 20.2 Å². The summed E-state index contributed by atoms with van der Waals surface area (Å²) in [7, 11) is 2.97. The Bertz CT molecular complexity index is 720. The van der Waals surface area contributed by atoms with Crippen LogP contribution in [0.5, 0.6) is 5.75 Å². The zero-order chi connectivity index (χ0) is 19.8. The van der Waals surface area contributed by atoms with E-state index in [0.29, 0.717) is 11.3 Å². The summed E-state index contributed by atoms with van der Waals surface area (Å²) in [6.07, 6.45) is 0. The van der Waals surface area contributed by atoms with Crippen LogP contribution in [0, 0.1) is 26.9 Å². The zero-order valence-electron chi connectivity index (χ0n) is 14.4. The molecule has 0 saturated carbocycles. The third kappa shape index (κ3) is 7.57. The molecule has 134 valence electrons. The van der Waals surface area contributed by atoms with Crippen LogP contribution in [0.1, 0.15) is 15.9 Å². The quantitative estimate of drug-likeness (QED) is 0.455. The van der Waals surface area contributed by atoms with Crippen molar-refractivity contribution in [3.8, 4) is 16.9 Å². The van der Waals surface area contributed by atoms with Crippen LogP contribution in [0.25, 0.3) is 11.1 Å². The van der Waals surface area contributed by atoms with E-state index in [-0.39, 0.29) is 23.3 Å². The average Bonchev–Trinajstić information content (AvgIpc) is 2.71. The number of carbonyl (C=O) groups excluding carboxylic acids is 1. The van der Waals surface area contributed by atoms with Crippen LogP contribution >= 0.6 is 0 Å². The van der Waals surface area contributed by atoms with Gasteiger partial charge in [-0.1, -0.05) is 30.3 Å². The van der Waals surface area contributed by atoms with Crippen LogP contribution in [0.3, 0.4) is 0 Å². The fraction of sp³-hybridized carbons (Fsp3) is 0.158. The van der Waals surface area contributed by atoms with Gasteiger partial charge in [0, 0.05) is 22.9 Å². The Kier molecular flexibility index (Phi) is 18.8. The molecule has 0 atom stereocenters. The molecule has 0 fully saturated rings. The van der Waals surface area contributed by atoms with Crippen molar-refractivity contribution in [3.05, 3.63) is 73.5 Å². The molecule has 0 aliphatic carbocycles. The number of ether oxygens (including phenoxy) is 2. The fourth-order valence-corrected chi connectivity index (χ4v) is 2.11. The number of hydrogen-bond donors (Lipinski definition) is 0. The minimum Gasteiger partial charge on any atom is 0 e. The number of methoxy groups -OCH3 is 2. The topological polar surface area (TPSA) is 95.2 Å². The monoisotopic (exact) mass is 392 g/mol. The van der Waals surface area contributed by atoms with Crippen molar-refractivity contribution in [2.75, 3.05) is 14.2 Å². The van der Waals surface area contributed by atoms with Gasteiger partial charge in [-0.05, 0) is 30.2 Å². The molecule has 0 unspecified atom stereocenters. The summed E-state index contributed by atoms with van der Waals surface area (Å²) in [5.41, 5.74) is 3.34. The minimum atomic E-state index is -0.364. The average molecular weight is 392 g/mol. The van der Waals surface area contributed by atoms with Crippen LogP contribution in [-0.2, 0) is 36.1 Å². The SMILES string of the molecule is COC(=O)c1cccc(OC)c1-c1ccccc1C.[C-]#[O+].[C-]#[O+].[C-]#[O+].[Cr]. The van der Waals surface area contributed by atoms with E-state index in [1.807, 2.05) is 37.3 Å². The van der Waals surface area contributed by atoms with Gasteiger partial charge in [0.2, 0.25) is 0 Å². The Morgan fingerprint density at radius 1 is 0.885 bits per heavy atom. The molecule has 0 saturated heterocycles. The van der Waals surface area contributed by atoms with Crippen LogP contribution in [0.2, 0.25) is 0 Å². The number of aryl methyl sites for hydroxylation is 1. The molecular formula is C19H16CrO6. The largest absolute Gasteiger partial charge is 0 e. The summed E-state index contributed by atoms with van der Waals surface area (Å²) in [5, 5.41) is 0. The zero-order valence-corrected chi connectivity index (χ0v) is 15.7. The van der Waals surface area contributed by atoms with Crippen molar-refractivity contribution in [2.24, 2.45) is 0 Å². The molecule has 2 aromatic rings. The maximum atomic E-state index is 11.9. The Morgan fingerprint density at radius 3 is 1.88 bits per heavy atom. The predicted molar refractivity (Wildman–Crippen MR) is 86.3 cm³/mol. The summed E-state index contributed by atoms with van der Waals surface area (Å²) in [4.78, 5) is 11.9. The van der Waals surface area contributed by atoms with Crippen LogP contribution in [0.15, 0.2) is 42.5 Å². The van der Waals surface area contributed by atoms with Crippen molar-refractivity contribution in [3.63, 3.8) is 0 Å². The number of rotatable bonds is 3. The Hall–Kier alpha value is -2.54. The van der Waals surface area contributed by atoms with E-state index in [1.165, 1.54) is 7.11 Å². The molecule has 0 spiro atoms. The number of carbonyl (C=O) groups is 1. The van der Waals surface area contributed by atoms with Gasteiger partial charge in [0.15, 0.2) is 0 Å². The molecule has 0 heterocycles. The van der Waals surface area contributed by atoms with Gasteiger partial charge in [-0.3, -0.25) is 0 Å². The summed E-state index contributed by atoms with van der Waals surface area (Å²) < 4.78 is 32.7. The second-order valence-corrected chi connectivity index (χ2v) is 4.19. The van der Waals surface area contributed by atoms with Crippen LogP contribution < -0.4 is 4.74 Å². The Labute approximate surface area is 163 Å². The van der Waals surface area contributed by atoms with E-state index >= 15 is 0 Å². The van der Waals surface area contributed by atoms with E-state index in [0.717, 1.165) is 16.7 Å².